The Kier molecular flexibility index (Phi) is 4.76. The second-order valence-electron chi connectivity index (χ2n) is 3.18. The smallest absolute Gasteiger partial charge is 0.280 e. The zero-order chi connectivity index (χ0) is 12.2. The second kappa shape index (κ2) is 5.65. The van der Waals surface area contributed by atoms with E-state index in [4.69, 9.17) is 15.4 Å². The zero-order valence-corrected chi connectivity index (χ0v) is 10.9. The number of rotatable bonds is 6. The minimum atomic E-state index is -3.75. The lowest BCUT2D eigenvalue weighted by atomic mass is 10.4. The first-order chi connectivity index (χ1) is 7.49. The van der Waals surface area contributed by atoms with Gasteiger partial charge in [0.05, 0.1) is 6.61 Å². The maximum Gasteiger partial charge on any atom is 0.280 e. The summed E-state index contributed by atoms with van der Waals surface area (Å²) in [5.41, 5.74) is 0. The molecule has 0 saturated carbocycles. The Morgan fingerprint density at radius 2 is 2.19 bits per heavy atom. The van der Waals surface area contributed by atoms with Gasteiger partial charge in [0.2, 0.25) is 0 Å². The van der Waals surface area contributed by atoms with E-state index in [0.717, 1.165) is 0 Å². The molecule has 0 amide bonds. The highest BCUT2D eigenvalue weighted by Crippen LogP contribution is 2.14. The van der Waals surface area contributed by atoms with Crippen LogP contribution >= 0.6 is 10.7 Å². The number of hydrogen-bond acceptors (Lipinski definition) is 4. The van der Waals surface area contributed by atoms with E-state index in [9.17, 15) is 8.42 Å². The molecular formula is C9H15ClN2O3S. The van der Waals surface area contributed by atoms with Crippen molar-refractivity contribution in [3.8, 4) is 0 Å². The molecule has 0 bridgehead atoms. The molecular weight excluding hydrogens is 252 g/mol. The van der Waals surface area contributed by atoms with Crippen LogP contribution in [0.5, 0.6) is 0 Å². The van der Waals surface area contributed by atoms with Crippen molar-refractivity contribution in [2.24, 2.45) is 0 Å². The minimum absolute atomic E-state index is 0.0949. The van der Waals surface area contributed by atoms with E-state index in [1.54, 1.807) is 4.57 Å². The highest BCUT2D eigenvalue weighted by Gasteiger charge is 2.16. The second-order valence-corrected chi connectivity index (χ2v) is 5.69. The van der Waals surface area contributed by atoms with Gasteiger partial charge in [0, 0.05) is 36.5 Å². The Bertz CT molecular complexity index is 442. The lowest BCUT2D eigenvalue weighted by molar-refractivity contribution is 0.138. The van der Waals surface area contributed by atoms with Gasteiger partial charge in [-0.25, -0.2) is 13.4 Å². The number of hydrogen-bond donors (Lipinski definition) is 0. The number of ether oxygens (including phenoxy) is 1. The molecule has 0 aliphatic carbocycles. The lowest BCUT2D eigenvalue weighted by Crippen LogP contribution is -2.07. The van der Waals surface area contributed by atoms with Crippen molar-refractivity contribution >= 4 is 19.7 Å². The van der Waals surface area contributed by atoms with Gasteiger partial charge in [-0.1, -0.05) is 6.92 Å². The van der Waals surface area contributed by atoms with Crippen molar-refractivity contribution in [1.82, 2.24) is 9.55 Å². The molecule has 0 aliphatic rings. The van der Waals surface area contributed by atoms with Gasteiger partial charge in [-0.15, -0.1) is 0 Å². The van der Waals surface area contributed by atoms with Crippen LogP contribution in [0.2, 0.25) is 0 Å². The van der Waals surface area contributed by atoms with Gasteiger partial charge in [0.1, 0.15) is 5.82 Å². The van der Waals surface area contributed by atoms with Gasteiger partial charge in [0.25, 0.3) is 9.05 Å². The Morgan fingerprint density at radius 1 is 1.50 bits per heavy atom. The molecule has 7 heteroatoms. The molecule has 1 aromatic heterocycles. The number of aromatic nitrogens is 2. The maximum atomic E-state index is 11.1. The quantitative estimate of drug-likeness (QED) is 0.577. The van der Waals surface area contributed by atoms with Crippen molar-refractivity contribution in [1.29, 1.82) is 0 Å². The normalized spacial score (nSPS) is 11.9. The minimum Gasteiger partial charge on any atom is -0.380 e. The summed E-state index contributed by atoms with van der Waals surface area (Å²) in [4.78, 5) is 3.97. The molecule has 1 aromatic rings. The van der Waals surface area contributed by atoms with Crippen molar-refractivity contribution in [2.45, 2.75) is 31.8 Å². The summed E-state index contributed by atoms with van der Waals surface area (Å²) in [6.45, 7) is 5.56. The van der Waals surface area contributed by atoms with Gasteiger partial charge < -0.3 is 9.30 Å². The summed E-state index contributed by atoms with van der Waals surface area (Å²) in [6, 6.07) is 0. The lowest BCUT2D eigenvalue weighted by Gasteiger charge is -2.05. The molecule has 0 atom stereocenters. The van der Waals surface area contributed by atoms with Crippen LogP contribution in [-0.2, 0) is 26.8 Å². The summed E-state index contributed by atoms with van der Waals surface area (Å²) in [5, 5.41) is -0.0949. The number of halogens is 1. The largest absolute Gasteiger partial charge is 0.380 e. The molecule has 0 aliphatic heterocycles. The summed E-state index contributed by atoms with van der Waals surface area (Å²) in [6.07, 6.45) is 2.10. The molecule has 5 nitrogen and oxygen atoms in total. The van der Waals surface area contributed by atoms with Gasteiger partial charge in [-0.05, 0) is 6.92 Å². The molecule has 92 valence electrons. The van der Waals surface area contributed by atoms with Crippen LogP contribution in [0.1, 0.15) is 19.7 Å². The number of imidazole rings is 1. The third-order valence-electron chi connectivity index (χ3n) is 2.08. The first kappa shape index (κ1) is 13.5. The molecule has 0 radical (unpaired) electrons. The van der Waals surface area contributed by atoms with Crippen LogP contribution in [0.4, 0.5) is 0 Å². The molecule has 0 saturated heterocycles. The van der Waals surface area contributed by atoms with Crippen LogP contribution in [0.15, 0.2) is 11.2 Å². The fourth-order valence-electron chi connectivity index (χ4n) is 1.33. The maximum absolute atomic E-state index is 11.1. The van der Waals surface area contributed by atoms with E-state index >= 15 is 0 Å². The van der Waals surface area contributed by atoms with Crippen LogP contribution in [0.3, 0.4) is 0 Å². The standard InChI is InChI=1S/C9H15ClN2O3S/c1-3-8-11-9(16(10,13)14)7-12(8)5-6-15-4-2/h7H,3-6H2,1-2H3. The Hall–Kier alpha value is -0.590. The Morgan fingerprint density at radius 3 is 2.69 bits per heavy atom. The van der Waals surface area contributed by atoms with Crippen LogP contribution in [-0.4, -0.2) is 31.2 Å². The Balaban J connectivity index is 2.87. The predicted molar refractivity (Wildman–Crippen MR) is 61.1 cm³/mol. The van der Waals surface area contributed by atoms with Crippen LogP contribution < -0.4 is 0 Å². The SMILES string of the molecule is CCOCCn1cc(S(=O)(=O)Cl)nc1CC. The van der Waals surface area contributed by atoms with E-state index in [0.29, 0.717) is 32.0 Å². The van der Waals surface area contributed by atoms with Crippen molar-refractivity contribution < 1.29 is 13.2 Å². The van der Waals surface area contributed by atoms with Gasteiger partial charge >= 0.3 is 0 Å². The van der Waals surface area contributed by atoms with Crippen LogP contribution in [0, 0.1) is 0 Å². The molecule has 16 heavy (non-hydrogen) atoms. The average Bonchev–Trinajstić information content (AvgIpc) is 2.61. The molecule has 0 N–H and O–H groups in total. The van der Waals surface area contributed by atoms with E-state index in [-0.39, 0.29) is 5.03 Å². The topological polar surface area (TPSA) is 61.2 Å². The molecule has 0 fully saturated rings. The van der Waals surface area contributed by atoms with E-state index < -0.39 is 9.05 Å². The van der Waals surface area contributed by atoms with Crippen molar-refractivity contribution in [3.05, 3.63) is 12.0 Å². The molecule has 1 rings (SSSR count). The fraction of sp³-hybridized carbons (Fsp3) is 0.667. The average molecular weight is 267 g/mol. The van der Waals surface area contributed by atoms with Crippen LogP contribution in [0.25, 0.3) is 0 Å². The van der Waals surface area contributed by atoms with E-state index in [2.05, 4.69) is 4.98 Å². The molecule has 0 spiro atoms. The third kappa shape index (κ3) is 3.47. The molecule has 1 heterocycles. The summed E-state index contributed by atoms with van der Waals surface area (Å²) in [7, 11) is 1.48. The van der Waals surface area contributed by atoms with E-state index in [1.165, 1.54) is 6.20 Å². The predicted octanol–water partition coefficient (Wildman–Crippen LogP) is 1.41. The third-order valence-corrected chi connectivity index (χ3v) is 3.25. The number of aryl methyl sites for hydroxylation is 1. The van der Waals surface area contributed by atoms with Crippen molar-refractivity contribution in [3.63, 3.8) is 0 Å². The summed E-state index contributed by atoms with van der Waals surface area (Å²) in [5.74, 6) is 0.693. The van der Waals surface area contributed by atoms with Gasteiger partial charge in [-0.2, -0.15) is 0 Å². The summed E-state index contributed by atoms with van der Waals surface area (Å²) >= 11 is 0. The van der Waals surface area contributed by atoms with Crippen molar-refractivity contribution in [2.75, 3.05) is 13.2 Å². The fourth-order valence-corrected chi connectivity index (χ4v) is 2.02. The molecule has 0 unspecified atom stereocenters. The van der Waals surface area contributed by atoms with E-state index in [1.807, 2.05) is 13.8 Å². The first-order valence-corrected chi connectivity index (χ1v) is 7.38. The zero-order valence-electron chi connectivity index (χ0n) is 9.31. The highest BCUT2D eigenvalue weighted by molar-refractivity contribution is 8.13. The number of nitrogens with zero attached hydrogens (tertiary/aromatic N) is 2. The van der Waals surface area contributed by atoms with Gasteiger partial charge in [-0.3, -0.25) is 0 Å². The van der Waals surface area contributed by atoms with Gasteiger partial charge in [0.15, 0.2) is 5.03 Å². The Labute approximate surface area is 99.8 Å². The summed E-state index contributed by atoms with van der Waals surface area (Å²) < 4.78 is 29.2. The first-order valence-electron chi connectivity index (χ1n) is 5.07. The highest BCUT2D eigenvalue weighted by atomic mass is 35.7. The monoisotopic (exact) mass is 266 g/mol. The molecule has 0 aromatic carbocycles.